The lowest BCUT2D eigenvalue weighted by Gasteiger charge is -2.11. The molecular formula is C24H22O6S. The van der Waals surface area contributed by atoms with Crippen molar-refractivity contribution in [2.75, 3.05) is 0 Å². The van der Waals surface area contributed by atoms with Crippen LogP contribution in [0.2, 0.25) is 0 Å². The monoisotopic (exact) mass is 438 g/mol. The van der Waals surface area contributed by atoms with Gasteiger partial charge in [-0.15, -0.1) is 0 Å². The number of Topliss-reactive ketones (excluding diaryl/α,β-unsaturated/α-hetero) is 2. The van der Waals surface area contributed by atoms with Crippen molar-refractivity contribution in [2.24, 2.45) is 0 Å². The number of carbonyl (C=O) groups is 2. The lowest BCUT2D eigenvalue weighted by molar-refractivity contribution is 0.0993. The number of carbonyl (C=O) groups excluding carboxylic acids is 2. The largest absolute Gasteiger partial charge is 0.456 e. The molecule has 0 spiro atoms. The molecule has 0 bridgehead atoms. The summed E-state index contributed by atoms with van der Waals surface area (Å²) in [7, 11) is -4.44. The van der Waals surface area contributed by atoms with Crippen LogP contribution in [0, 0.1) is 0 Å². The number of benzene rings is 3. The van der Waals surface area contributed by atoms with E-state index in [2.05, 4.69) is 0 Å². The summed E-state index contributed by atoms with van der Waals surface area (Å²) in [6.07, 6.45) is 0.754. The van der Waals surface area contributed by atoms with E-state index in [1.54, 1.807) is 54.6 Å². The molecule has 3 aromatic carbocycles. The maximum atomic E-state index is 12.5. The third kappa shape index (κ3) is 5.65. The van der Waals surface area contributed by atoms with Gasteiger partial charge in [0.25, 0.3) is 10.1 Å². The first-order valence-corrected chi connectivity index (χ1v) is 11.1. The first kappa shape index (κ1) is 22.4. The van der Waals surface area contributed by atoms with Gasteiger partial charge in [-0.1, -0.05) is 43.3 Å². The molecule has 0 aliphatic rings. The van der Waals surface area contributed by atoms with Gasteiger partial charge in [0.2, 0.25) is 0 Å². The van der Waals surface area contributed by atoms with Crippen LogP contribution in [0.25, 0.3) is 0 Å². The SMILES string of the molecule is CCc1ccc(Oc2ccc(CC(=O)c3cccc(C(C)=O)c3)cc2)c(S(=O)(=O)O)c1. The van der Waals surface area contributed by atoms with E-state index in [0.717, 1.165) is 11.1 Å². The number of rotatable bonds is 8. The fraction of sp³-hybridized carbons (Fsp3) is 0.167. The summed E-state index contributed by atoms with van der Waals surface area (Å²) in [4.78, 5) is 23.8. The van der Waals surface area contributed by atoms with Gasteiger partial charge in [-0.2, -0.15) is 8.42 Å². The minimum atomic E-state index is -4.44. The molecule has 0 saturated carbocycles. The van der Waals surface area contributed by atoms with Crippen LogP contribution < -0.4 is 4.74 Å². The van der Waals surface area contributed by atoms with Crippen LogP contribution in [0.15, 0.2) is 71.6 Å². The molecule has 7 heteroatoms. The molecule has 0 amide bonds. The number of ketones is 2. The molecule has 0 unspecified atom stereocenters. The second-order valence-corrected chi connectivity index (χ2v) is 8.48. The van der Waals surface area contributed by atoms with Crippen molar-refractivity contribution in [3.05, 3.63) is 89.0 Å². The molecule has 0 fully saturated rings. The van der Waals surface area contributed by atoms with Gasteiger partial charge in [-0.3, -0.25) is 14.1 Å². The topological polar surface area (TPSA) is 97.7 Å². The fourth-order valence-corrected chi connectivity index (χ4v) is 3.72. The molecule has 31 heavy (non-hydrogen) atoms. The Morgan fingerprint density at radius 1 is 0.903 bits per heavy atom. The molecule has 0 aliphatic heterocycles. The molecular weight excluding hydrogens is 416 g/mol. The summed E-state index contributed by atoms with van der Waals surface area (Å²) in [5.74, 6) is 0.154. The highest BCUT2D eigenvalue weighted by Crippen LogP contribution is 2.30. The molecule has 3 aromatic rings. The predicted octanol–water partition coefficient (Wildman–Crippen LogP) is 4.92. The van der Waals surface area contributed by atoms with E-state index < -0.39 is 10.1 Å². The molecule has 0 heterocycles. The van der Waals surface area contributed by atoms with Crippen LogP contribution >= 0.6 is 0 Å². The first-order chi connectivity index (χ1) is 14.7. The Morgan fingerprint density at radius 3 is 2.16 bits per heavy atom. The van der Waals surface area contributed by atoms with Crippen molar-refractivity contribution < 1.29 is 27.3 Å². The highest BCUT2D eigenvalue weighted by molar-refractivity contribution is 7.86. The minimum absolute atomic E-state index is 0.0181. The summed E-state index contributed by atoms with van der Waals surface area (Å²) in [5.41, 5.74) is 2.43. The third-order valence-corrected chi connectivity index (χ3v) is 5.68. The van der Waals surface area contributed by atoms with E-state index in [1.807, 2.05) is 6.92 Å². The minimum Gasteiger partial charge on any atom is -0.456 e. The second kappa shape index (κ2) is 9.24. The van der Waals surface area contributed by atoms with E-state index in [9.17, 15) is 22.6 Å². The van der Waals surface area contributed by atoms with Crippen LogP contribution in [0.1, 0.15) is 45.7 Å². The zero-order chi connectivity index (χ0) is 22.6. The molecule has 0 radical (unpaired) electrons. The van der Waals surface area contributed by atoms with Crippen molar-refractivity contribution in [1.82, 2.24) is 0 Å². The van der Waals surface area contributed by atoms with Crippen LogP contribution in [-0.2, 0) is 23.0 Å². The Balaban J connectivity index is 1.76. The van der Waals surface area contributed by atoms with Gasteiger partial charge < -0.3 is 4.74 Å². The average Bonchev–Trinajstić information content (AvgIpc) is 2.74. The fourth-order valence-electron chi connectivity index (χ4n) is 3.06. The Bertz CT molecular complexity index is 1230. The van der Waals surface area contributed by atoms with Gasteiger partial charge in [0.05, 0.1) is 0 Å². The van der Waals surface area contributed by atoms with Crippen LogP contribution in [0.5, 0.6) is 11.5 Å². The van der Waals surface area contributed by atoms with Gasteiger partial charge in [0.15, 0.2) is 11.6 Å². The Kier molecular flexibility index (Phi) is 6.68. The normalized spacial score (nSPS) is 11.2. The first-order valence-electron chi connectivity index (χ1n) is 9.69. The third-order valence-electron chi connectivity index (χ3n) is 4.80. The van der Waals surface area contributed by atoms with Crippen molar-refractivity contribution >= 4 is 21.7 Å². The van der Waals surface area contributed by atoms with Gasteiger partial charge in [-0.25, -0.2) is 0 Å². The van der Waals surface area contributed by atoms with Gasteiger partial charge >= 0.3 is 0 Å². The molecule has 6 nitrogen and oxygen atoms in total. The zero-order valence-corrected chi connectivity index (χ0v) is 18.0. The summed E-state index contributed by atoms with van der Waals surface area (Å²) >= 11 is 0. The van der Waals surface area contributed by atoms with Crippen molar-refractivity contribution in [3.63, 3.8) is 0 Å². The molecule has 0 saturated heterocycles. The summed E-state index contributed by atoms with van der Waals surface area (Å²) in [5, 5.41) is 0. The average molecular weight is 439 g/mol. The quantitative estimate of drug-likeness (QED) is 0.396. The standard InChI is InChI=1S/C24H22O6S/c1-3-17-9-12-23(24(14-17)31(27,28)29)30-21-10-7-18(8-11-21)13-22(26)20-6-4-5-19(15-20)16(2)25/h4-12,14-15H,3,13H2,1-2H3,(H,27,28,29). The molecule has 0 atom stereocenters. The van der Waals surface area contributed by atoms with E-state index in [-0.39, 0.29) is 28.6 Å². The molecule has 1 N–H and O–H groups in total. The molecule has 160 valence electrons. The summed E-state index contributed by atoms with van der Waals surface area (Å²) in [6, 6.07) is 17.9. The van der Waals surface area contributed by atoms with Crippen LogP contribution in [-0.4, -0.2) is 24.5 Å². The highest BCUT2D eigenvalue weighted by Gasteiger charge is 2.18. The maximum absolute atomic E-state index is 12.5. The maximum Gasteiger partial charge on any atom is 0.298 e. The van der Waals surface area contributed by atoms with Crippen LogP contribution in [0.4, 0.5) is 0 Å². The van der Waals surface area contributed by atoms with Gasteiger partial charge in [-0.05, 0) is 54.8 Å². The van der Waals surface area contributed by atoms with E-state index in [1.165, 1.54) is 19.1 Å². The number of hydrogen-bond acceptors (Lipinski definition) is 5. The van der Waals surface area contributed by atoms with Gasteiger partial charge in [0.1, 0.15) is 16.4 Å². The summed E-state index contributed by atoms with van der Waals surface area (Å²) in [6.45, 7) is 3.32. The molecule has 3 rings (SSSR count). The number of ether oxygens (including phenoxy) is 1. The van der Waals surface area contributed by atoms with Crippen molar-refractivity contribution in [3.8, 4) is 11.5 Å². The van der Waals surface area contributed by atoms with Gasteiger partial charge in [0, 0.05) is 17.5 Å². The summed E-state index contributed by atoms with van der Waals surface area (Å²) < 4.78 is 38.6. The van der Waals surface area contributed by atoms with E-state index >= 15 is 0 Å². The lowest BCUT2D eigenvalue weighted by atomic mass is 10.0. The van der Waals surface area contributed by atoms with E-state index in [0.29, 0.717) is 23.3 Å². The molecule has 0 aliphatic carbocycles. The number of aryl methyl sites for hydroxylation is 1. The predicted molar refractivity (Wildman–Crippen MR) is 117 cm³/mol. The Labute approximate surface area is 181 Å². The lowest BCUT2D eigenvalue weighted by Crippen LogP contribution is -2.05. The molecule has 0 aromatic heterocycles. The van der Waals surface area contributed by atoms with E-state index in [4.69, 9.17) is 4.74 Å². The second-order valence-electron chi connectivity index (χ2n) is 7.09. The van der Waals surface area contributed by atoms with Crippen LogP contribution in [0.3, 0.4) is 0 Å². The number of hydrogen-bond donors (Lipinski definition) is 1. The smallest absolute Gasteiger partial charge is 0.298 e. The van der Waals surface area contributed by atoms with Crippen molar-refractivity contribution in [1.29, 1.82) is 0 Å². The Morgan fingerprint density at radius 2 is 1.55 bits per heavy atom. The highest BCUT2D eigenvalue weighted by atomic mass is 32.2. The zero-order valence-electron chi connectivity index (χ0n) is 17.2. The Hall–Kier alpha value is -3.29. The van der Waals surface area contributed by atoms with Crippen molar-refractivity contribution in [2.45, 2.75) is 31.6 Å².